The molecule has 4 aliphatic rings. The van der Waals surface area contributed by atoms with Crippen LogP contribution in [0, 0.1) is 16.7 Å². The van der Waals surface area contributed by atoms with Gasteiger partial charge in [0.1, 0.15) is 6.10 Å². The molecule has 0 aromatic rings. The Bertz CT molecular complexity index is 614. The van der Waals surface area contributed by atoms with Gasteiger partial charge in [-0.05, 0) is 37.0 Å². The highest BCUT2D eigenvalue weighted by Crippen LogP contribution is 2.72. The Morgan fingerprint density at radius 3 is 2.54 bits per heavy atom. The van der Waals surface area contributed by atoms with Crippen molar-refractivity contribution in [1.29, 1.82) is 0 Å². The molecular weight excluding hydrogens is 330 g/mol. The van der Waals surface area contributed by atoms with Gasteiger partial charge in [-0.15, -0.1) is 0 Å². The Morgan fingerprint density at radius 1 is 1.25 bits per heavy atom. The van der Waals surface area contributed by atoms with Crippen LogP contribution in [0.3, 0.4) is 0 Å². The van der Waals surface area contributed by atoms with Crippen LogP contribution in [0.25, 0.3) is 0 Å². The van der Waals surface area contributed by atoms with Crippen LogP contribution in [0.2, 0.25) is 0 Å². The summed E-state index contributed by atoms with van der Waals surface area (Å²) in [6.45, 7) is 5.90. The second kappa shape index (κ2) is 5.39. The van der Waals surface area contributed by atoms with E-state index in [0.717, 1.165) is 32.1 Å². The lowest BCUT2D eigenvalue weighted by atomic mass is 9.68. The van der Waals surface area contributed by atoms with E-state index in [-0.39, 0.29) is 23.9 Å². The smallest absolute Gasteiger partial charge is 0.214 e. The number of ether oxygens (including phenoxy) is 2. The van der Waals surface area contributed by atoms with E-state index in [0.29, 0.717) is 25.6 Å². The van der Waals surface area contributed by atoms with Crippen molar-refractivity contribution in [3.05, 3.63) is 0 Å². The molecule has 2 aliphatic carbocycles. The molecule has 1 N–H and O–H groups in total. The van der Waals surface area contributed by atoms with Crippen molar-refractivity contribution in [2.24, 2.45) is 16.7 Å². The van der Waals surface area contributed by atoms with Gasteiger partial charge in [0.2, 0.25) is 10.0 Å². The first-order chi connectivity index (χ1) is 11.3. The standard InChI is InChI=1S/C17H29NO5S/c1-15(2)13-5-6-16(15,12-24(20,21)18-7-3-4-8-18)17(9-13)22-11-14(10-19)23-17/h13-14,19H,3-12H2,1-2H3/t13-,14-,16+,17+/m0/s1. The summed E-state index contributed by atoms with van der Waals surface area (Å²) in [5, 5.41) is 9.47. The van der Waals surface area contributed by atoms with Crippen molar-refractivity contribution in [3.8, 4) is 0 Å². The number of aliphatic hydroxyl groups is 1. The molecule has 1 spiro atoms. The van der Waals surface area contributed by atoms with E-state index in [1.54, 1.807) is 4.31 Å². The van der Waals surface area contributed by atoms with Crippen molar-refractivity contribution in [1.82, 2.24) is 4.31 Å². The summed E-state index contributed by atoms with van der Waals surface area (Å²) in [5.74, 6) is -0.343. The molecule has 0 aromatic heterocycles. The molecule has 7 heteroatoms. The Kier molecular flexibility index (Phi) is 3.87. The lowest BCUT2D eigenvalue weighted by Crippen LogP contribution is -2.56. The fraction of sp³-hybridized carbons (Fsp3) is 1.00. The number of sulfonamides is 1. The molecule has 6 nitrogen and oxygen atoms in total. The third-order valence-electron chi connectivity index (χ3n) is 7.37. The lowest BCUT2D eigenvalue weighted by Gasteiger charge is -2.47. The number of fused-ring (bicyclic) bond motifs is 3. The number of hydrogen-bond acceptors (Lipinski definition) is 5. The van der Waals surface area contributed by atoms with E-state index in [9.17, 15) is 13.5 Å². The molecule has 0 radical (unpaired) electrons. The molecule has 138 valence electrons. The minimum atomic E-state index is -3.34. The predicted octanol–water partition coefficient (Wildman–Crippen LogP) is 1.34. The summed E-state index contributed by atoms with van der Waals surface area (Å²) in [7, 11) is -3.34. The van der Waals surface area contributed by atoms with Crippen molar-refractivity contribution < 1.29 is 23.0 Å². The highest BCUT2D eigenvalue weighted by Gasteiger charge is 2.75. The van der Waals surface area contributed by atoms with Crippen LogP contribution in [0.5, 0.6) is 0 Å². The highest BCUT2D eigenvalue weighted by atomic mass is 32.2. The second-order valence-corrected chi connectivity index (χ2v) is 10.6. The molecule has 0 amide bonds. The van der Waals surface area contributed by atoms with E-state index in [2.05, 4.69) is 13.8 Å². The molecule has 2 saturated carbocycles. The van der Waals surface area contributed by atoms with Crippen LogP contribution in [-0.2, 0) is 19.5 Å². The normalized spacial score (nSPS) is 44.8. The van der Waals surface area contributed by atoms with Crippen LogP contribution < -0.4 is 0 Å². The Balaban J connectivity index is 1.71. The van der Waals surface area contributed by atoms with Gasteiger partial charge in [-0.1, -0.05) is 13.8 Å². The van der Waals surface area contributed by atoms with Crippen molar-refractivity contribution in [2.45, 2.75) is 57.8 Å². The molecule has 0 unspecified atom stereocenters. The van der Waals surface area contributed by atoms with Gasteiger partial charge in [0.25, 0.3) is 0 Å². The van der Waals surface area contributed by atoms with E-state index < -0.39 is 21.2 Å². The van der Waals surface area contributed by atoms with Crippen LogP contribution in [0.1, 0.15) is 46.0 Å². The molecule has 4 rings (SSSR count). The van der Waals surface area contributed by atoms with Gasteiger partial charge in [0, 0.05) is 24.9 Å². The first kappa shape index (κ1) is 17.2. The average molecular weight is 359 g/mol. The number of rotatable bonds is 4. The molecule has 2 saturated heterocycles. The maximum atomic E-state index is 13.1. The first-order valence-electron chi connectivity index (χ1n) is 9.17. The number of hydrogen-bond donors (Lipinski definition) is 1. The van der Waals surface area contributed by atoms with Gasteiger partial charge >= 0.3 is 0 Å². The lowest BCUT2D eigenvalue weighted by molar-refractivity contribution is -0.245. The zero-order chi connectivity index (χ0) is 17.2. The monoisotopic (exact) mass is 359 g/mol. The van der Waals surface area contributed by atoms with Crippen LogP contribution >= 0.6 is 0 Å². The summed E-state index contributed by atoms with van der Waals surface area (Å²) in [5.41, 5.74) is -0.680. The van der Waals surface area contributed by atoms with Crippen molar-refractivity contribution in [2.75, 3.05) is 32.1 Å². The van der Waals surface area contributed by atoms with Gasteiger partial charge < -0.3 is 14.6 Å². The molecule has 2 bridgehead atoms. The predicted molar refractivity (Wildman–Crippen MR) is 88.8 cm³/mol. The molecule has 2 heterocycles. The van der Waals surface area contributed by atoms with E-state index in [4.69, 9.17) is 9.47 Å². The SMILES string of the molecule is CC1(C)[C@H]2CC[C@]1(CS(=O)(=O)N1CCCC1)[C@]1(C2)OC[C@H](CO)O1. The average Bonchev–Trinajstić information content (AvgIpc) is 3.25. The Morgan fingerprint density at radius 2 is 1.96 bits per heavy atom. The molecule has 2 aliphatic heterocycles. The van der Waals surface area contributed by atoms with Gasteiger partial charge in [-0.3, -0.25) is 0 Å². The second-order valence-electron chi connectivity index (χ2n) is 8.59. The highest BCUT2D eigenvalue weighted by molar-refractivity contribution is 7.89. The summed E-state index contributed by atoms with van der Waals surface area (Å²) in [6, 6.07) is 0. The summed E-state index contributed by atoms with van der Waals surface area (Å²) < 4.78 is 40.2. The van der Waals surface area contributed by atoms with E-state index in [1.165, 1.54) is 0 Å². The zero-order valence-corrected chi connectivity index (χ0v) is 15.5. The largest absolute Gasteiger partial charge is 0.394 e. The maximum absolute atomic E-state index is 13.1. The van der Waals surface area contributed by atoms with Crippen molar-refractivity contribution >= 4 is 10.0 Å². The quantitative estimate of drug-likeness (QED) is 0.820. The number of nitrogens with zero attached hydrogens (tertiary/aromatic N) is 1. The van der Waals surface area contributed by atoms with Crippen LogP contribution in [0.4, 0.5) is 0 Å². The van der Waals surface area contributed by atoms with Gasteiger partial charge in [0.15, 0.2) is 5.79 Å². The third-order valence-corrected chi connectivity index (χ3v) is 9.38. The fourth-order valence-corrected chi connectivity index (χ4v) is 8.16. The Hall–Kier alpha value is -0.210. The van der Waals surface area contributed by atoms with Crippen LogP contribution in [-0.4, -0.2) is 61.8 Å². The Labute approximate surface area is 144 Å². The molecule has 0 aromatic carbocycles. The summed E-state index contributed by atoms with van der Waals surface area (Å²) in [4.78, 5) is 0. The number of aliphatic hydroxyl groups excluding tert-OH is 1. The molecule has 4 fully saturated rings. The minimum Gasteiger partial charge on any atom is -0.394 e. The molecule has 24 heavy (non-hydrogen) atoms. The summed E-state index contributed by atoms with van der Waals surface area (Å²) >= 11 is 0. The molecule has 4 atom stereocenters. The fourth-order valence-electron chi connectivity index (χ4n) is 5.80. The minimum absolute atomic E-state index is 0.0815. The maximum Gasteiger partial charge on any atom is 0.214 e. The third kappa shape index (κ3) is 2.11. The topological polar surface area (TPSA) is 76.1 Å². The van der Waals surface area contributed by atoms with Crippen molar-refractivity contribution in [3.63, 3.8) is 0 Å². The van der Waals surface area contributed by atoms with E-state index >= 15 is 0 Å². The zero-order valence-electron chi connectivity index (χ0n) is 14.7. The van der Waals surface area contributed by atoms with Gasteiger partial charge in [0.05, 0.1) is 19.0 Å². The molecular formula is C17H29NO5S. The van der Waals surface area contributed by atoms with Gasteiger partial charge in [-0.25, -0.2) is 12.7 Å². The van der Waals surface area contributed by atoms with Gasteiger partial charge in [-0.2, -0.15) is 0 Å². The first-order valence-corrected chi connectivity index (χ1v) is 10.8. The summed E-state index contributed by atoms with van der Waals surface area (Å²) in [6.07, 6.45) is 4.14. The van der Waals surface area contributed by atoms with Crippen LogP contribution in [0.15, 0.2) is 0 Å². The van der Waals surface area contributed by atoms with E-state index in [1.807, 2.05) is 0 Å².